The molecule has 0 saturated carbocycles. The largest absolute Gasteiger partial charge is 0.325 e. The zero-order valence-corrected chi connectivity index (χ0v) is 8.26. The fraction of sp³-hybridized carbons (Fsp3) is 0.444. The van der Waals surface area contributed by atoms with Gasteiger partial charge in [-0.05, 0) is 0 Å². The van der Waals surface area contributed by atoms with Crippen LogP contribution < -0.4 is 5.73 Å². The highest BCUT2D eigenvalue weighted by atomic mass is 32.1. The molecule has 0 bridgehead atoms. The highest BCUT2D eigenvalue weighted by molar-refractivity contribution is 7.09. The van der Waals surface area contributed by atoms with Crippen LogP contribution in [0.1, 0.15) is 10.7 Å². The quantitative estimate of drug-likeness (QED) is 0.731. The fourth-order valence-electron chi connectivity index (χ4n) is 1.36. The lowest BCUT2D eigenvalue weighted by molar-refractivity contribution is 0.344. The lowest BCUT2D eigenvalue weighted by Gasteiger charge is -2.11. The Kier molecular flexibility index (Phi) is 2.73. The van der Waals surface area contributed by atoms with Crippen LogP contribution >= 0.6 is 11.3 Å². The SMILES string of the molecule is NCc1csc(CN2CC=CC2)n1. The van der Waals surface area contributed by atoms with Crippen LogP contribution in [0.5, 0.6) is 0 Å². The molecule has 0 saturated heterocycles. The van der Waals surface area contributed by atoms with Crippen LogP contribution in [0.2, 0.25) is 0 Å². The lowest BCUT2D eigenvalue weighted by Crippen LogP contribution is -2.19. The summed E-state index contributed by atoms with van der Waals surface area (Å²) in [6.45, 7) is 3.61. The number of nitrogens with zero attached hydrogens (tertiary/aromatic N) is 2. The first-order valence-corrected chi connectivity index (χ1v) is 5.27. The van der Waals surface area contributed by atoms with Crippen LogP contribution in [0.3, 0.4) is 0 Å². The van der Waals surface area contributed by atoms with Crippen LogP contribution in [0.15, 0.2) is 17.5 Å². The fourth-order valence-corrected chi connectivity index (χ4v) is 2.21. The molecule has 0 atom stereocenters. The third kappa shape index (κ3) is 2.15. The van der Waals surface area contributed by atoms with E-state index in [1.165, 1.54) is 5.01 Å². The first-order valence-electron chi connectivity index (χ1n) is 4.39. The number of hydrogen-bond acceptors (Lipinski definition) is 4. The van der Waals surface area contributed by atoms with E-state index in [0.717, 1.165) is 25.3 Å². The van der Waals surface area contributed by atoms with Crippen molar-refractivity contribution in [2.24, 2.45) is 5.73 Å². The number of nitrogens with two attached hydrogens (primary N) is 1. The second-order valence-electron chi connectivity index (χ2n) is 3.10. The molecule has 4 heteroatoms. The zero-order valence-electron chi connectivity index (χ0n) is 7.44. The molecule has 3 nitrogen and oxygen atoms in total. The summed E-state index contributed by atoms with van der Waals surface area (Å²) in [4.78, 5) is 6.76. The van der Waals surface area contributed by atoms with Crippen molar-refractivity contribution < 1.29 is 0 Å². The third-order valence-electron chi connectivity index (χ3n) is 2.06. The molecule has 0 fully saturated rings. The van der Waals surface area contributed by atoms with Gasteiger partial charge in [0.1, 0.15) is 5.01 Å². The normalized spacial score (nSPS) is 17.0. The van der Waals surface area contributed by atoms with Crippen molar-refractivity contribution in [2.75, 3.05) is 13.1 Å². The molecule has 1 aromatic rings. The molecule has 1 aliphatic heterocycles. The minimum Gasteiger partial charge on any atom is -0.325 e. The average Bonchev–Trinajstić information content (AvgIpc) is 2.76. The van der Waals surface area contributed by atoms with Crippen molar-refractivity contribution in [2.45, 2.75) is 13.1 Å². The minimum atomic E-state index is 0.550. The van der Waals surface area contributed by atoms with Crippen molar-refractivity contribution in [3.8, 4) is 0 Å². The van der Waals surface area contributed by atoms with Gasteiger partial charge < -0.3 is 5.73 Å². The monoisotopic (exact) mass is 195 g/mol. The smallest absolute Gasteiger partial charge is 0.107 e. The van der Waals surface area contributed by atoms with Gasteiger partial charge in [0.15, 0.2) is 0 Å². The topological polar surface area (TPSA) is 42.1 Å². The zero-order chi connectivity index (χ0) is 9.10. The number of aromatic nitrogens is 1. The van der Waals surface area contributed by atoms with Crippen molar-refractivity contribution in [3.05, 3.63) is 28.2 Å². The van der Waals surface area contributed by atoms with Crippen LogP contribution in [0, 0.1) is 0 Å². The molecule has 0 amide bonds. The molecule has 0 radical (unpaired) electrons. The lowest BCUT2D eigenvalue weighted by atomic mass is 10.5. The second-order valence-corrected chi connectivity index (χ2v) is 4.04. The predicted molar refractivity (Wildman–Crippen MR) is 54.4 cm³/mol. The summed E-state index contributed by atoms with van der Waals surface area (Å²) >= 11 is 1.70. The molecule has 0 unspecified atom stereocenters. The first kappa shape index (κ1) is 8.87. The highest BCUT2D eigenvalue weighted by Gasteiger charge is 2.09. The molecular formula is C9H13N3S. The van der Waals surface area contributed by atoms with Crippen molar-refractivity contribution in [1.82, 2.24) is 9.88 Å². The summed E-state index contributed by atoms with van der Waals surface area (Å²) in [5.74, 6) is 0. The van der Waals surface area contributed by atoms with E-state index in [1.807, 2.05) is 5.38 Å². The Labute approximate surface area is 81.9 Å². The molecule has 2 heterocycles. The standard InChI is InChI=1S/C9H13N3S/c10-5-8-7-13-9(11-8)6-12-3-1-2-4-12/h1-2,7H,3-6,10H2. The maximum Gasteiger partial charge on any atom is 0.107 e. The maximum absolute atomic E-state index is 5.49. The van der Waals surface area contributed by atoms with Gasteiger partial charge in [-0.1, -0.05) is 12.2 Å². The van der Waals surface area contributed by atoms with Crippen molar-refractivity contribution >= 4 is 11.3 Å². The molecule has 2 rings (SSSR count). The highest BCUT2D eigenvalue weighted by Crippen LogP contribution is 2.13. The van der Waals surface area contributed by atoms with Crippen LogP contribution in [0.4, 0.5) is 0 Å². The first-order chi connectivity index (χ1) is 6.38. The van der Waals surface area contributed by atoms with E-state index in [1.54, 1.807) is 11.3 Å². The van der Waals surface area contributed by atoms with Crippen LogP contribution in [-0.2, 0) is 13.1 Å². The molecule has 1 aromatic heterocycles. The average molecular weight is 195 g/mol. The van der Waals surface area contributed by atoms with Gasteiger partial charge >= 0.3 is 0 Å². The molecule has 70 valence electrons. The molecule has 0 aromatic carbocycles. The van der Waals surface area contributed by atoms with Crippen molar-refractivity contribution in [3.63, 3.8) is 0 Å². The van der Waals surface area contributed by atoms with Gasteiger partial charge in [0.25, 0.3) is 0 Å². The molecule has 13 heavy (non-hydrogen) atoms. The number of thiazole rings is 1. The third-order valence-corrected chi connectivity index (χ3v) is 2.94. The Bertz CT molecular complexity index is 298. The van der Waals surface area contributed by atoms with Crippen LogP contribution in [-0.4, -0.2) is 23.0 Å². The number of hydrogen-bond donors (Lipinski definition) is 1. The molecule has 0 aliphatic carbocycles. The van der Waals surface area contributed by atoms with Crippen LogP contribution in [0.25, 0.3) is 0 Å². The van der Waals surface area contributed by atoms with E-state index in [4.69, 9.17) is 5.73 Å². The summed E-state index contributed by atoms with van der Waals surface area (Å²) in [5, 5.41) is 3.21. The van der Waals surface area contributed by atoms with Gasteiger partial charge in [0.05, 0.1) is 12.2 Å². The van der Waals surface area contributed by atoms with Gasteiger partial charge in [-0.15, -0.1) is 11.3 Å². The summed E-state index contributed by atoms with van der Waals surface area (Å²) in [6, 6.07) is 0. The molecule has 0 spiro atoms. The van der Waals surface area contributed by atoms with E-state index >= 15 is 0 Å². The Hall–Kier alpha value is -0.710. The van der Waals surface area contributed by atoms with E-state index in [9.17, 15) is 0 Å². The van der Waals surface area contributed by atoms with E-state index in [0.29, 0.717) is 6.54 Å². The molecule has 2 N–H and O–H groups in total. The maximum atomic E-state index is 5.49. The van der Waals surface area contributed by atoms with Gasteiger partial charge in [-0.2, -0.15) is 0 Å². The second kappa shape index (κ2) is 4.00. The van der Waals surface area contributed by atoms with E-state index in [-0.39, 0.29) is 0 Å². The Morgan fingerprint density at radius 2 is 2.23 bits per heavy atom. The molecular weight excluding hydrogens is 182 g/mol. The molecule has 1 aliphatic rings. The Morgan fingerprint density at radius 1 is 1.46 bits per heavy atom. The van der Waals surface area contributed by atoms with Gasteiger partial charge in [-0.25, -0.2) is 4.98 Å². The summed E-state index contributed by atoms with van der Waals surface area (Å²) in [5.41, 5.74) is 6.50. The van der Waals surface area contributed by atoms with Gasteiger partial charge in [0, 0.05) is 25.0 Å². The predicted octanol–water partition coefficient (Wildman–Crippen LogP) is 0.974. The summed E-state index contributed by atoms with van der Waals surface area (Å²) in [6.07, 6.45) is 4.38. The minimum absolute atomic E-state index is 0.550. The van der Waals surface area contributed by atoms with Gasteiger partial charge in [0.2, 0.25) is 0 Å². The summed E-state index contributed by atoms with van der Waals surface area (Å²) in [7, 11) is 0. The van der Waals surface area contributed by atoms with Gasteiger partial charge in [-0.3, -0.25) is 4.90 Å². The Morgan fingerprint density at radius 3 is 2.85 bits per heavy atom. The Balaban J connectivity index is 1.93. The van der Waals surface area contributed by atoms with E-state index < -0.39 is 0 Å². The number of rotatable bonds is 3. The summed E-state index contributed by atoms with van der Waals surface area (Å²) < 4.78 is 0. The van der Waals surface area contributed by atoms with E-state index in [2.05, 4.69) is 22.0 Å². The van der Waals surface area contributed by atoms with Crippen molar-refractivity contribution in [1.29, 1.82) is 0 Å².